The second-order valence-corrected chi connectivity index (χ2v) is 2.90. The fourth-order valence-electron chi connectivity index (χ4n) is 1.08. The van der Waals surface area contributed by atoms with E-state index in [-0.39, 0.29) is 0 Å². The number of pyridine rings is 1. The topological polar surface area (TPSA) is 67.6 Å². The monoisotopic (exact) mass is 194 g/mol. The van der Waals surface area contributed by atoms with Crippen molar-refractivity contribution in [3.05, 3.63) is 29.7 Å². The Bertz CT molecular complexity index is 424. The molecule has 0 aliphatic carbocycles. The van der Waals surface area contributed by atoms with E-state index in [1.807, 2.05) is 6.07 Å². The normalized spacial score (nSPS) is 10.2. The lowest BCUT2D eigenvalue weighted by Gasteiger charge is -2.00. The first kappa shape index (κ1) is 8.07. The van der Waals surface area contributed by atoms with E-state index in [1.54, 1.807) is 18.5 Å². The van der Waals surface area contributed by atoms with E-state index < -0.39 is 0 Å². The highest BCUT2D eigenvalue weighted by Gasteiger charge is 2.08. The number of nitrogens with zero attached hydrogens (tertiary/aromatic N) is 2. The van der Waals surface area contributed by atoms with Crippen LogP contribution in [0, 0.1) is 0 Å². The van der Waals surface area contributed by atoms with Crippen molar-refractivity contribution in [3.8, 4) is 11.3 Å². The first-order valence-electron chi connectivity index (χ1n) is 3.69. The van der Waals surface area contributed by atoms with E-state index in [4.69, 9.17) is 17.3 Å². The predicted octanol–water partition coefficient (Wildman–Crippen LogP) is 1.71. The van der Waals surface area contributed by atoms with Crippen molar-refractivity contribution >= 4 is 17.3 Å². The third-order valence-corrected chi connectivity index (χ3v) is 2.00. The molecule has 5 heteroatoms. The van der Waals surface area contributed by atoms with E-state index in [9.17, 15) is 0 Å². The third-order valence-electron chi connectivity index (χ3n) is 1.70. The summed E-state index contributed by atoms with van der Waals surface area (Å²) >= 11 is 5.87. The maximum Gasteiger partial charge on any atom is 0.138 e. The van der Waals surface area contributed by atoms with Crippen molar-refractivity contribution in [3.63, 3.8) is 0 Å². The quantitative estimate of drug-likeness (QED) is 0.679. The maximum absolute atomic E-state index is 5.87. The number of anilines is 1. The molecule has 0 spiro atoms. The van der Waals surface area contributed by atoms with Crippen LogP contribution in [-0.2, 0) is 0 Å². The van der Waals surface area contributed by atoms with Gasteiger partial charge in [0.15, 0.2) is 0 Å². The van der Waals surface area contributed by atoms with Gasteiger partial charge in [0.25, 0.3) is 0 Å². The molecule has 0 bridgehead atoms. The highest BCUT2D eigenvalue weighted by atomic mass is 35.5. The number of hydrogen-bond donors (Lipinski definition) is 2. The molecule has 2 heterocycles. The standard InChI is InChI=1S/C8H7ClN4/c9-8-5(2-1-3-11-8)7-6(10)4-12-13-7/h1-4H,10H2,(H,12,13). The molecule has 2 aromatic rings. The molecular formula is C8H7ClN4. The first-order valence-corrected chi connectivity index (χ1v) is 4.06. The molecule has 0 radical (unpaired) electrons. The Morgan fingerprint density at radius 3 is 2.92 bits per heavy atom. The molecule has 0 amide bonds. The number of rotatable bonds is 1. The minimum absolute atomic E-state index is 0.415. The van der Waals surface area contributed by atoms with Crippen molar-refractivity contribution in [1.29, 1.82) is 0 Å². The van der Waals surface area contributed by atoms with Crippen LogP contribution in [0.3, 0.4) is 0 Å². The molecule has 4 nitrogen and oxygen atoms in total. The second kappa shape index (κ2) is 3.06. The van der Waals surface area contributed by atoms with Crippen molar-refractivity contribution < 1.29 is 0 Å². The van der Waals surface area contributed by atoms with Gasteiger partial charge in [-0.15, -0.1) is 0 Å². The van der Waals surface area contributed by atoms with Gasteiger partial charge in [0, 0.05) is 11.8 Å². The molecule has 13 heavy (non-hydrogen) atoms. The average Bonchev–Trinajstić information content (AvgIpc) is 2.52. The smallest absolute Gasteiger partial charge is 0.138 e. The molecule has 0 atom stereocenters. The Labute approximate surface area is 79.7 Å². The van der Waals surface area contributed by atoms with Gasteiger partial charge in [-0.1, -0.05) is 11.6 Å². The molecule has 2 rings (SSSR count). The van der Waals surface area contributed by atoms with Crippen molar-refractivity contribution in [2.75, 3.05) is 5.73 Å². The SMILES string of the molecule is Nc1cn[nH]c1-c1cccnc1Cl. The molecule has 0 saturated carbocycles. The summed E-state index contributed by atoms with van der Waals surface area (Å²) in [5, 5.41) is 6.98. The second-order valence-electron chi connectivity index (χ2n) is 2.54. The first-order chi connectivity index (χ1) is 6.29. The molecule has 0 fully saturated rings. The van der Waals surface area contributed by atoms with E-state index in [0.717, 1.165) is 5.56 Å². The molecule has 0 aliphatic heterocycles. The largest absolute Gasteiger partial charge is 0.396 e. The fraction of sp³-hybridized carbons (Fsp3) is 0. The highest BCUT2D eigenvalue weighted by Crippen LogP contribution is 2.27. The van der Waals surface area contributed by atoms with Crippen LogP contribution in [0.2, 0.25) is 5.15 Å². The van der Waals surface area contributed by atoms with Gasteiger partial charge < -0.3 is 5.73 Å². The van der Waals surface area contributed by atoms with Crippen molar-refractivity contribution in [2.24, 2.45) is 0 Å². The van der Waals surface area contributed by atoms with Gasteiger partial charge in [-0.3, -0.25) is 5.10 Å². The fourth-order valence-corrected chi connectivity index (χ4v) is 1.30. The van der Waals surface area contributed by atoms with Crippen LogP contribution < -0.4 is 5.73 Å². The zero-order valence-electron chi connectivity index (χ0n) is 6.66. The Kier molecular flexibility index (Phi) is 1.90. The van der Waals surface area contributed by atoms with Crippen LogP contribution in [-0.4, -0.2) is 15.2 Å². The van der Waals surface area contributed by atoms with E-state index in [2.05, 4.69) is 15.2 Å². The van der Waals surface area contributed by atoms with Gasteiger partial charge in [0.2, 0.25) is 0 Å². The number of hydrogen-bond acceptors (Lipinski definition) is 3. The van der Waals surface area contributed by atoms with Gasteiger partial charge in [0.1, 0.15) is 5.15 Å². The predicted molar refractivity (Wildman–Crippen MR) is 51.2 cm³/mol. The van der Waals surface area contributed by atoms with E-state index in [0.29, 0.717) is 16.5 Å². The van der Waals surface area contributed by atoms with Crippen LogP contribution in [0.4, 0.5) is 5.69 Å². The number of aromatic amines is 1. The number of nitrogens with one attached hydrogen (secondary N) is 1. The van der Waals surface area contributed by atoms with Gasteiger partial charge in [0.05, 0.1) is 17.6 Å². The van der Waals surface area contributed by atoms with E-state index in [1.165, 1.54) is 0 Å². The van der Waals surface area contributed by atoms with Gasteiger partial charge in [-0.05, 0) is 12.1 Å². The Hall–Kier alpha value is -1.55. The van der Waals surface area contributed by atoms with Crippen LogP contribution in [0.15, 0.2) is 24.5 Å². The summed E-state index contributed by atoms with van der Waals surface area (Å²) in [6.45, 7) is 0. The Balaban J connectivity index is 2.59. The van der Waals surface area contributed by atoms with Gasteiger partial charge in [-0.2, -0.15) is 5.10 Å². The molecule has 0 saturated heterocycles. The minimum atomic E-state index is 0.415. The summed E-state index contributed by atoms with van der Waals surface area (Å²) in [6, 6.07) is 3.63. The summed E-state index contributed by atoms with van der Waals surface area (Å²) < 4.78 is 0. The Morgan fingerprint density at radius 2 is 2.31 bits per heavy atom. The average molecular weight is 195 g/mol. The van der Waals surface area contributed by atoms with Crippen LogP contribution in [0.1, 0.15) is 0 Å². The van der Waals surface area contributed by atoms with Crippen LogP contribution >= 0.6 is 11.6 Å². The van der Waals surface area contributed by atoms with Crippen molar-refractivity contribution in [2.45, 2.75) is 0 Å². The van der Waals surface area contributed by atoms with Gasteiger partial charge in [-0.25, -0.2) is 4.98 Å². The molecule has 0 aliphatic rings. The minimum Gasteiger partial charge on any atom is -0.396 e. The zero-order valence-corrected chi connectivity index (χ0v) is 7.42. The molecule has 66 valence electrons. The van der Waals surface area contributed by atoms with Crippen LogP contribution in [0.5, 0.6) is 0 Å². The number of aromatic nitrogens is 3. The summed E-state index contributed by atoms with van der Waals surface area (Å²) in [4.78, 5) is 3.94. The lowest BCUT2D eigenvalue weighted by atomic mass is 10.2. The molecule has 3 N–H and O–H groups in total. The number of nitrogens with two attached hydrogens (primary N) is 1. The zero-order chi connectivity index (χ0) is 9.26. The summed E-state index contributed by atoms with van der Waals surface area (Å²) in [5.41, 5.74) is 7.70. The number of H-pyrrole nitrogens is 1. The van der Waals surface area contributed by atoms with Gasteiger partial charge >= 0.3 is 0 Å². The van der Waals surface area contributed by atoms with E-state index >= 15 is 0 Å². The molecule has 0 aromatic carbocycles. The van der Waals surface area contributed by atoms with Crippen LogP contribution in [0.25, 0.3) is 11.3 Å². The number of halogens is 1. The summed E-state index contributed by atoms with van der Waals surface area (Å²) in [7, 11) is 0. The highest BCUT2D eigenvalue weighted by molar-refractivity contribution is 6.32. The maximum atomic E-state index is 5.87. The third kappa shape index (κ3) is 1.36. The molecule has 0 unspecified atom stereocenters. The summed E-state index contributed by atoms with van der Waals surface area (Å²) in [6.07, 6.45) is 3.16. The Morgan fingerprint density at radius 1 is 1.46 bits per heavy atom. The lowest BCUT2D eigenvalue weighted by molar-refractivity contribution is 1.09. The molecule has 2 aromatic heterocycles. The summed E-state index contributed by atoms with van der Waals surface area (Å²) in [5.74, 6) is 0. The lowest BCUT2D eigenvalue weighted by Crippen LogP contribution is -1.88. The van der Waals surface area contributed by atoms with Crippen molar-refractivity contribution in [1.82, 2.24) is 15.2 Å². The molecular weight excluding hydrogens is 188 g/mol. The number of nitrogen functional groups attached to an aromatic ring is 1.